The van der Waals surface area contributed by atoms with E-state index in [-0.39, 0.29) is 42.0 Å². The zero-order valence-corrected chi connectivity index (χ0v) is 18.4. The molecule has 154 valence electrons. The summed E-state index contributed by atoms with van der Waals surface area (Å²) in [4.78, 5) is 4.43. The Hall–Kier alpha value is -1.19. The van der Waals surface area contributed by atoms with Gasteiger partial charge in [-0.1, -0.05) is 18.2 Å². The second-order valence-electron chi connectivity index (χ2n) is 7.13. The third-order valence-electron chi connectivity index (χ3n) is 4.17. The standard InChI is InChI=1S/C19H28F3N3O.HI/c1-4-23-17(24-12-8-7-11-19(20,21)22)25-15-13-18(2,3)26-16-10-6-5-9-14(15)16;/h5-6,9-10,15H,4,7-8,11-13H2,1-3H3,(H2,23,24,25);1H. The minimum atomic E-state index is -4.09. The minimum Gasteiger partial charge on any atom is -0.487 e. The maximum absolute atomic E-state index is 12.2. The number of ether oxygens (including phenoxy) is 1. The van der Waals surface area contributed by atoms with Crippen molar-refractivity contribution >= 4 is 29.9 Å². The van der Waals surface area contributed by atoms with Crippen molar-refractivity contribution in [2.45, 2.75) is 64.3 Å². The molecule has 1 aliphatic heterocycles. The van der Waals surface area contributed by atoms with Gasteiger partial charge in [-0.25, -0.2) is 0 Å². The van der Waals surface area contributed by atoms with Crippen molar-refractivity contribution in [1.82, 2.24) is 10.6 Å². The van der Waals surface area contributed by atoms with Crippen LogP contribution in [0.1, 0.15) is 58.1 Å². The number of rotatable bonds is 6. The van der Waals surface area contributed by atoms with E-state index in [1.165, 1.54) is 0 Å². The van der Waals surface area contributed by atoms with Crippen molar-refractivity contribution in [1.29, 1.82) is 0 Å². The van der Waals surface area contributed by atoms with Crippen LogP contribution in [0, 0.1) is 0 Å². The monoisotopic (exact) mass is 499 g/mol. The highest BCUT2D eigenvalue weighted by atomic mass is 127. The molecular formula is C19H29F3IN3O. The summed E-state index contributed by atoms with van der Waals surface area (Å²) in [6.07, 6.45) is -3.58. The first-order chi connectivity index (χ1) is 12.2. The molecule has 0 saturated heterocycles. The quantitative estimate of drug-likeness (QED) is 0.245. The third kappa shape index (κ3) is 8.15. The van der Waals surface area contributed by atoms with Crippen LogP contribution in [0.25, 0.3) is 0 Å². The van der Waals surface area contributed by atoms with Gasteiger partial charge in [-0.15, -0.1) is 24.0 Å². The molecule has 27 heavy (non-hydrogen) atoms. The topological polar surface area (TPSA) is 45.7 Å². The smallest absolute Gasteiger partial charge is 0.389 e. The summed E-state index contributed by atoms with van der Waals surface area (Å²) in [5.41, 5.74) is 0.755. The lowest BCUT2D eigenvalue weighted by molar-refractivity contribution is -0.135. The Bertz CT molecular complexity index is 620. The molecule has 1 unspecified atom stereocenters. The molecule has 1 atom stereocenters. The molecule has 0 radical (unpaired) electrons. The fourth-order valence-corrected chi connectivity index (χ4v) is 3.04. The van der Waals surface area contributed by atoms with Crippen molar-refractivity contribution in [2.24, 2.45) is 4.99 Å². The predicted molar refractivity (Wildman–Crippen MR) is 113 cm³/mol. The van der Waals surface area contributed by atoms with Gasteiger partial charge in [0.1, 0.15) is 11.4 Å². The maximum Gasteiger partial charge on any atom is 0.389 e. The van der Waals surface area contributed by atoms with Crippen LogP contribution in [0.2, 0.25) is 0 Å². The Morgan fingerprint density at radius 2 is 1.96 bits per heavy atom. The molecule has 1 heterocycles. The number of guanidine groups is 1. The molecule has 0 amide bonds. The molecule has 1 aliphatic rings. The van der Waals surface area contributed by atoms with Gasteiger partial charge in [-0.3, -0.25) is 4.99 Å². The number of halogens is 4. The lowest BCUT2D eigenvalue weighted by Crippen LogP contribution is -2.45. The Balaban J connectivity index is 0.00000364. The first kappa shape index (κ1) is 23.8. The SMILES string of the molecule is CCNC(=NCCCCC(F)(F)F)NC1CC(C)(C)Oc2ccccc21.I. The molecule has 1 aromatic rings. The normalized spacial score (nSPS) is 18.7. The summed E-state index contributed by atoms with van der Waals surface area (Å²) in [5.74, 6) is 1.47. The van der Waals surface area contributed by atoms with Crippen LogP contribution in [0.5, 0.6) is 5.75 Å². The average Bonchev–Trinajstić information content (AvgIpc) is 2.52. The molecule has 0 spiro atoms. The van der Waals surface area contributed by atoms with Crippen molar-refractivity contribution in [2.75, 3.05) is 13.1 Å². The molecule has 0 bridgehead atoms. The van der Waals surface area contributed by atoms with Crippen molar-refractivity contribution in [3.8, 4) is 5.75 Å². The van der Waals surface area contributed by atoms with Crippen LogP contribution in [0.4, 0.5) is 13.2 Å². The molecule has 2 N–H and O–H groups in total. The van der Waals surface area contributed by atoms with E-state index < -0.39 is 12.6 Å². The van der Waals surface area contributed by atoms with Gasteiger partial charge in [-0.2, -0.15) is 13.2 Å². The average molecular weight is 499 g/mol. The van der Waals surface area contributed by atoms with E-state index in [4.69, 9.17) is 4.74 Å². The van der Waals surface area contributed by atoms with E-state index in [1.807, 2.05) is 45.0 Å². The lowest BCUT2D eigenvalue weighted by atomic mass is 9.90. The highest BCUT2D eigenvalue weighted by Crippen LogP contribution is 2.39. The molecule has 0 aliphatic carbocycles. The van der Waals surface area contributed by atoms with Gasteiger partial charge >= 0.3 is 6.18 Å². The van der Waals surface area contributed by atoms with Gasteiger partial charge in [0.15, 0.2) is 5.96 Å². The Kier molecular flexibility index (Phi) is 9.17. The highest BCUT2D eigenvalue weighted by Gasteiger charge is 2.34. The number of aliphatic imine (C=N–C) groups is 1. The fourth-order valence-electron chi connectivity index (χ4n) is 3.04. The lowest BCUT2D eigenvalue weighted by Gasteiger charge is -2.38. The first-order valence-electron chi connectivity index (χ1n) is 9.10. The van der Waals surface area contributed by atoms with E-state index in [1.54, 1.807) is 0 Å². The number of alkyl halides is 3. The van der Waals surface area contributed by atoms with Crippen molar-refractivity contribution < 1.29 is 17.9 Å². The van der Waals surface area contributed by atoms with Crippen LogP contribution in [0.3, 0.4) is 0 Å². The zero-order valence-electron chi connectivity index (χ0n) is 16.0. The zero-order chi connectivity index (χ0) is 19.2. The molecular weight excluding hydrogens is 470 g/mol. The molecule has 0 saturated carbocycles. The van der Waals surface area contributed by atoms with E-state index in [9.17, 15) is 13.2 Å². The van der Waals surface area contributed by atoms with E-state index >= 15 is 0 Å². The first-order valence-corrected chi connectivity index (χ1v) is 9.10. The van der Waals surface area contributed by atoms with Gasteiger partial charge < -0.3 is 15.4 Å². The van der Waals surface area contributed by atoms with Crippen LogP contribution < -0.4 is 15.4 Å². The van der Waals surface area contributed by atoms with Crippen molar-refractivity contribution in [3.63, 3.8) is 0 Å². The Morgan fingerprint density at radius 3 is 2.63 bits per heavy atom. The largest absolute Gasteiger partial charge is 0.487 e. The molecule has 0 fully saturated rings. The minimum absolute atomic E-state index is 0. The van der Waals surface area contributed by atoms with E-state index in [0.717, 1.165) is 17.7 Å². The van der Waals surface area contributed by atoms with E-state index in [0.29, 0.717) is 25.5 Å². The third-order valence-corrected chi connectivity index (χ3v) is 4.17. The number of fused-ring (bicyclic) bond motifs is 1. The number of para-hydroxylation sites is 1. The second kappa shape index (κ2) is 10.4. The Morgan fingerprint density at radius 1 is 1.26 bits per heavy atom. The van der Waals surface area contributed by atoms with Crippen LogP contribution in [-0.4, -0.2) is 30.8 Å². The fraction of sp³-hybridized carbons (Fsp3) is 0.632. The molecule has 1 aromatic carbocycles. The van der Waals surface area contributed by atoms with Gasteiger partial charge in [0, 0.05) is 31.5 Å². The second-order valence-corrected chi connectivity index (χ2v) is 7.13. The predicted octanol–water partition coefficient (Wildman–Crippen LogP) is 5.19. The summed E-state index contributed by atoms with van der Waals surface area (Å²) in [6, 6.07) is 7.91. The maximum atomic E-state index is 12.2. The van der Waals surface area contributed by atoms with E-state index in [2.05, 4.69) is 15.6 Å². The van der Waals surface area contributed by atoms with Gasteiger partial charge in [0.25, 0.3) is 0 Å². The van der Waals surface area contributed by atoms with Gasteiger partial charge in [-0.05, 0) is 39.7 Å². The summed E-state index contributed by atoms with van der Waals surface area (Å²) >= 11 is 0. The number of nitrogens with one attached hydrogen (secondary N) is 2. The summed E-state index contributed by atoms with van der Waals surface area (Å²) in [6.45, 7) is 7.09. The molecule has 8 heteroatoms. The number of benzene rings is 1. The molecule has 2 rings (SSSR count). The van der Waals surface area contributed by atoms with Crippen LogP contribution in [-0.2, 0) is 0 Å². The van der Waals surface area contributed by atoms with Crippen LogP contribution in [0.15, 0.2) is 29.3 Å². The number of hydrogen-bond donors (Lipinski definition) is 2. The van der Waals surface area contributed by atoms with Gasteiger partial charge in [0.05, 0.1) is 6.04 Å². The number of unbranched alkanes of at least 4 members (excludes halogenated alkanes) is 1. The summed E-state index contributed by atoms with van der Waals surface area (Å²) in [7, 11) is 0. The summed E-state index contributed by atoms with van der Waals surface area (Å²) < 4.78 is 42.7. The number of hydrogen-bond acceptors (Lipinski definition) is 2. The molecule has 4 nitrogen and oxygen atoms in total. The summed E-state index contributed by atoms with van der Waals surface area (Å²) in [5, 5.41) is 6.58. The number of nitrogens with zero attached hydrogens (tertiary/aromatic N) is 1. The Labute approximate surface area is 176 Å². The van der Waals surface area contributed by atoms with Crippen LogP contribution >= 0.6 is 24.0 Å². The molecule has 0 aromatic heterocycles. The van der Waals surface area contributed by atoms with Gasteiger partial charge in [0.2, 0.25) is 0 Å². The van der Waals surface area contributed by atoms with Crippen molar-refractivity contribution in [3.05, 3.63) is 29.8 Å². The highest BCUT2D eigenvalue weighted by molar-refractivity contribution is 14.0.